The summed E-state index contributed by atoms with van der Waals surface area (Å²) in [7, 11) is 1.38. The van der Waals surface area contributed by atoms with Gasteiger partial charge in [0.1, 0.15) is 0 Å². The summed E-state index contributed by atoms with van der Waals surface area (Å²) in [6, 6.07) is 6.71. The molecule has 7 nitrogen and oxygen atoms in total. The molecular formula is C38H53BrN4O3. The largest absolute Gasteiger partial charge is 0.469 e. The first-order valence-electron chi connectivity index (χ1n) is 16.7. The fraction of sp³-hybridized carbons (Fsp3) is 0.500. The Kier molecular flexibility index (Phi) is 13.8. The number of allylic oxidation sites excluding steroid dienone is 1. The van der Waals surface area contributed by atoms with Crippen LogP contribution in [0.4, 0.5) is 0 Å². The molecular weight excluding hydrogens is 640 g/mol. The van der Waals surface area contributed by atoms with Gasteiger partial charge in [0.15, 0.2) is 0 Å². The van der Waals surface area contributed by atoms with Gasteiger partial charge in [-0.25, -0.2) is 4.98 Å². The maximum Gasteiger partial charge on any atom is 0.305 e. The summed E-state index contributed by atoms with van der Waals surface area (Å²) in [5.41, 5.74) is 16.1. The topological polar surface area (TPSA) is 92.9 Å². The molecule has 8 bridgehead atoms. The van der Waals surface area contributed by atoms with Gasteiger partial charge in [-0.2, -0.15) is 0 Å². The van der Waals surface area contributed by atoms with Gasteiger partial charge in [-0.15, -0.1) is 0 Å². The molecule has 0 amide bonds. The first kappa shape index (κ1) is 37.2. The van der Waals surface area contributed by atoms with Crippen LogP contribution in [0.5, 0.6) is 0 Å². The number of ether oxygens (including phenoxy) is 2. The molecule has 46 heavy (non-hydrogen) atoms. The number of rotatable bonds is 7. The van der Waals surface area contributed by atoms with Crippen LogP contribution in [0, 0.1) is 20.8 Å². The van der Waals surface area contributed by atoms with Gasteiger partial charge in [-0.1, -0.05) is 50.5 Å². The van der Waals surface area contributed by atoms with E-state index >= 15 is 0 Å². The number of halogens is 1. The van der Waals surface area contributed by atoms with E-state index in [1.165, 1.54) is 40.5 Å². The number of aromatic nitrogens is 4. The van der Waals surface area contributed by atoms with E-state index in [0.29, 0.717) is 12.3 Å². The number of hydrogen-bond donors (Lipinski definition) is 2. The van der Waals surface area contributed by atoms with Crippen molar-refractivity contribution in [3.05, 3.63) is 68.8 Å². The number of carbonyl (C=O) groups excluding carboxylic acids is 1. The van der Waals surface area contributed by atoms with Gasteiger partial charge in [0, 0.05) is 63.3 Å². The first-order chi connectivity index (χ1) is 22.0. The maximum atomic E-state index is 9.96. The molecule has 0 saturated carbocycles. The minimum atomic E-state index is -0.157. The number of fused-ring (bicyclic) bond motifs is 8. The van der Waals surface area contributed by atoms with Crippen LogP contribution in [0.2, 0.25) is 0 Å². The summed E-state index contributed by atoms with van der Waals surface area (Å²) in [4.78, 5) is 27.6. The Morgan fingerprint density at radius 1 is 0.978 bits per heavy atom. The van der Waals surface area contributed by atoms with E-state index in [1.807, 2.05) is 13.8 Å². The molecule has 0 saturated heterocycles. The highest BCUT2D eigenvalue weighted by Crippen LogP contribution is 2.34. The Bertz CT molecular complexity index is 1710. The van der Waals surface area contributed by atoms with E-state index in [9.17, 15) is 4.79 Å². The molecule has 0 aliphatic carbocycles. The lowest BCUT2D eigenvalue weighted by molar-refractivity contribution is -0.140. The summed E-state index contributed by atoms with van der Waals surface area (Å²) < 4.78 is 10.6. The molecule has 0 radical (unpaired) electrons. The van der Waals surface area contributed by atoms with E-state index in [2.05, 4.69) is 103 Å². The fourth-order valence-corrected chi connectivity index (χ4v) is 6.17. The Balaban J connectivity index is 0.000000648. The number of nitrogens with zero attached hydrogens (tertiary/aromatic N) is 2. The van der Waals surface area contributed by atoms with Gasteiger partial charge in [-0.3, -0.25) is 9.78 Å². The number of alkyl halides is 1. The van der Waals surface area contributed by atoms with E-state index < -0.39 is 0 Å². The van der Waals surface area contributed by atoms with E-state index in [-0.39, 0.29) is 12.1 Å². The second kappa shape index (κ2) is 17.1. The molecule has 0 spiro atoms. The summed E-state index contributed by atoms with van der Waals surface area (Å²) in [5, 5.41) is 0.941. The smallest absolute Gasteiger partial charge is 0.305 e. The van der Waals surface area contributed by atoms with Crippen LogP contribution in [0.1, 0.15) is 124 Å². The van der Waals surface area contributed by atoms with Crippen molar-refractivity contribution in [2.75, 3.05) is 19.0 Å². The molecule has 0 aromatic carbocycles. The average molecular weight is 694 g/mol. The molecule has 5 rings (SSSR count). The standard InChI is InChI=1S/C32H39BrN4O.C4H8O2.C2H6/c1-8-23-19(4)28-16-31-32(22(7)38-11-9-10-33)21(6)29(37-31)14-24-17(2)12-26(34-24)20(5)27-13-18(3)25(35-27)15-30(23)36-28;1-3-4(5)6-2;1-2/h13-17,22,36-37H,8-12H2,1-7H3;3H2,1-2H3;1-2H3. The van der Waals surface area contributed by atoms with Crippen LogP contribution >= 0.6 is 15.9 Å². The second-order valence-electron chi connectivity index (χ2n) is 11.7. The van der Waals surface area contributed by atoms with Gasteiger partial charge in [0.05, 0.1) is 24.6 Å². The third-order valence-corrected chi connectivity index (χ3v) is 9.25. The van der Waals surface area contributed by atoms with E-state index in [0.717, 1.165) is 76.0 Å². The summed E-state index contributed by atoms with van der Waals surface area (Å²) in [6.45, 7) is 21.8. The summed E-state index contributed by atoms with van der Waals surface area (Å²) in [6.07, 6.45) is 5.51. The predicted octanol–water partition coefficient (Wildman–Crippen LogP) is 10.2. The number of hydrogen-bond acceptors (Lipinski definition) is 5. The number of aryl methyl sites for hydroxylation is 3. The van der Waals surface area contributed by atoms with Crippen LogP contribution in [-0.4, -0.2) is 45.0 Å². The molecule has 2 aliphatic heterocycles. The van der Waals surface area contributed by atoms with Crippen molar-refractivity contribution in [3.63, 3.8) is 0 Å². The van der Waals surface area contributed by atoms with E-state index in [1.54, 1.807) is 6.92 Å². The van der Waals surface area contributed by atoms with Crippen LogP contribution in [-0.2, 0) is 27.1 Å². The highest BCUT2D eigenvalue weighted by molar-refractivity contribution is 9.09. The number of carbonyl (C=O) groups is 1. The lowest BCUT2D eigenvalue weighted by atomic mass is 10.0. The Morgan fingerprint density at radius 3 is 2.26 bits per heavy atom. The van der Waals surface area contributed by atoms with Gasteiger partial charge in [-0.05, 0) is 106 Å². The lowest BCUT2D eigenvalue weighted by Gasteiger charge is -2.13. The van der Waals surface area contributed by atoms with Crippen molar-refractivity contribution in [2.45, 2.75) is 107 Å². The van der Waals surface area contributed by atoms with Crippen LogP contribution in [0.15, 0.2) is 18.2 Å². The van der Waals surface area contributed by atoms with Gasteiger partial charge < -0.3 is 19.4 Å². The fourth-order valence-electron chi connectivity index (χ4n) is 5.94. The number of methoxy groups -OCH3 is 1. The third-order valence-electron chi connectivity index (χ3n) is 8.69. The quantitative estimate of drug-likeness (QED) is 0.146. The van der Waals surface area contributed by atoms with Gasteiger partial charge in [0.25, 0.3) is 0 Å². The zero-order chi connectivity index (χ0) is 34.1. The van der Waals surface area contributed by atoms with Crippen LogP contribution in [0.25, 0.3) is 33.7 Å². The Morgan fingerprint density at radius 2 is 1.65 bits per heavy atom. The lowest BCUT2D eigenvalue weighted by Crippen LogP contribution is -2.03. The molecule has 2 N–H and O–H groups in total. The number of nitrogens with one attached hydrogen (secondary N) is 2. The van der Waals surface area contributed by atoms with Crippen LogP contribution in [0.3, 0.4) is 0 Å². The zero-order valence-corrected chi connectivity index (χ0v) is 31.3. The van der Waals surface area contributed by atoms with Crippen molar-refractivity contribution in [1.29, 1.82) is 0 Å². The van der Waals surface area contributed by atoms with Crippen LogP contribution < -0.4 is 0 Å². The molecule has 3 aromatic heterocycles. The van der Waals surface area contributed by atoms with Crippen molar-refractivity contribution >= 4 is 55.6 Å². The summed E-state index contributed by atoms with van der Waals surface area (Å²) >= 11 is 3.52. The number of esters is 1. The second-order valence-corrected chi connectivity index (χ2v) is 12.5. The van der Waals surface area contributed by atoms with Crippen molar-refractivity contribution < 1.29 is 14.3 Å². The molecule has 2 unspecified atom stereocenters. The molecule has 8 heteroatoms. The normalized spacial score (nSPS) is 14.4. The highest BCUT2D eigenvalue weighted by atomic mass is 79.9. The zero-order valence-electron chi connectivity index (χ0n) is 29.7. The molecule has 250 valence electrons. The van der Waals surface area contributed by atoms with E-state index in [4.69, 9.17) is 14.7 Å². The molecule has 3 aromatic rings. The SMILES string of the molecule is CC.CCC(=O)OC.CCc1c(C)c2cc3[nH]c(cc4nc(c(C)c5nc(cc1[nH]2)C(C)=C5)CC4C)c(C)c3C(C)OCCCBr. The predicted molar refractivity (Wildman–Crippen MR) is 197 cm³/mol. The third kappa shape index (κ3) is 8.37. The Labute approximate surface area is 283 Å². The molecule has 2 atom stereocenters. The van der Waals surface area contributed by atoms with Crippen molar-refractivity contribution in [3.8, 4) is 0 Å². The number of aromatic amines is 2. The van der Waals surface area contributed by atoms with Gasteiger partial charge in [0.2, 0.25) is 0 Å². The molecule has 2 aliphatic rings. The summed E-state index contributed by atoms with van der Waals surface area (Å²) in [5.74, 6) is 0.193. The highest BCUT2D eigenvalue weighted by Gasteiger charge is 2.21. The first-order valence-corrected chi connectivity index (χ1v) is 17.8. The maximum absolute atomic E-state index is 9.96. The average Bonchev–Trinajstić information content (AvgIpc) is 3.77. The van der Waals surface area contributed by atoms with Gasteiger partial charge >= 0.3 is 5.97 Å². The minimum Gasteiger partial charge on any atom is -0.469 e. The van der Waals surface area contributed by atoms with Crippen molar-refractivity contribution in [1.82, 2.24) is 19.9 Å². The molecule has 0 fully saturated rings. The Hall–Kier alpha value is -3.23. The van der Waals surface area contributed by atoms with Crippen molar-refractivity contribution in [2.24, 2.45) is 0 Å². The minimum absolute atomic E-state index is 0.0253. The molecule has 5 heterocycles. The monoisotopic (exact) mass is 692 g/mol. The number of H-pyrrole nitrogens is 2.